The van der Waals surface area contributed by atoms with Crippen LogP contribution in [0.4, 0.5) is 24.5 Å². The van der Waals surface area contributed by atoms with E-state index in [2.05, 4.69) is 10.6 Å². The van der Waals surface area contributed by atoms with Gasteiger partial charge in [-0.15, -0.1) is 24.8 Å². The van der Waals surface area contributed by atoms with Gasteiger partial charge in [0.1, 0.15) is 5.82 Å². The van der Waals surface area contributed by atoms with E-state index in [1.165, 1.54) is 17.1 Å². The number of alkyl halides is 2. The number of nitrogens with one attached hydrogen (secondary N) is 2. The van der Waals surface area contributed by atoms with Crippen LogP contribution in [0.25, 0.3) is 0 Å². The van der Waals surface area contributed by atoms with E-state index in [9.17, 15) is 27.6 Å². The lowest BCUT2D eigenvalue weighted by molar-refractivity contribution is -0.145. The number of fused-ring (bicyclic) bond motifs is 2. The van der Waals surface area contributed by atoms with E-state index in [1.807, 2.05) is 11.9 Å². The summed E-state index contributed by atoms with van der Waals surface area (Å²) in [6.45, 7) is 5.45. The van der Waals surface area contributed by atoms with E-state index in [1.54, 1.807) is 37.1 Å². The Bertz CT molecular complexity index is 1300. The second-order valence-corrected chi connectivity index (χ2v) is 10.4. The van der Waals surface area contributed by atoms with Gasteiger partial charge in [-0.05, 0) is 66.4 Å². The molecule has 0 bridgehead atoms. The van der Waals surface area contributed by atoms with Crippen molar-refractivity contribution in [3.63, 3.8) is 0 Å². The topological polar surface area (TPSA) is 88.2 Å². The maximum absolute atomic E-state index is 13.7. The van der Waals surface area contributed by atoms with Gasteiger partial charge in [-0.25, -0.2) is 18.2 Å². The number of hydrogen-bond acceptors (Lipinski definition) is 6. The zero-order chi connectivity index (χ0) is 29.7. The van der Waals surface area contributed by atoms with Crippen molar-refractivity contribution in [3.05, 3.63) is 58.4 Å². The quantitative estimate of drug-likeness (QED) is 0.344. The first-order chi connectivity index (χ1) is 19.6. The molecule has 0 aliphatic carbocycles. The summed E-state index contributed by atoms with van der Waals surface area (Å²) in [7, 11) is 1.65. The first kappa shape index (κ1) is 36.1. The number of hydrazine groups is 1. The fourth-order valence-corrected chi connectivity index (χ4v) is 5.27. The SMILES string of the molecule is CCNCCNC(=O)CN(CC(=O)N(C)N1Cc2ccc(F)cc2C1)c1cc2c(cc1C)N(CC(F)F)C(=O)CC2.Cl.Cl. The number of anilines is 2. The van der Waals surface area contributed by atoms with Gasteiger partial charge < -0.3 is 20.4 Å². The second kappa shape index (κ2) is 16.1. The number of halogens is 5. The molecule has 0 spiro atoms. The molecule has 0 saturated carbocycles. The van der Waals surface area contributed by atoms with E-state index in [0.717, 1.165) is 22.6 Å². The maximum Gasteiger partial charge on any atom is 0.256 e. The smallest absolute Gasteiger partial charge is 0.256 e. The maximum atomic E-state index is 13.7. The van der Waals surface area contributed by atoms with Gasteiger partial charge in [0.2, 0.25) is 11.8 Å². The van der Waals surface area contributed by atoms with E-state index in [4.69, 9.17) is 0 Å². The summed E-state index contributed by atoms with van der Waals surface area (Å²) in [5, 5.41) is 9.30. The average Bonchev–Trinajstić information content (AvgIpc) is 3.35. The highest BCUT2D eigenvalue weighted by molar-refractivity contribution is 5.97. The van der Waals surface area contributed by atoms with Crippen molar-refractivity contribution in [3.8, 4) is 0 Å². The number of likely N-dealkylation sites (N-methyl/N-ethyl adjacent to an activating group) is 2. The Morgan fingerprint density at radius 1 is 1.00 bits per heavy atom. The number of rotatable bonds is 12. The van der Waals surface area contributed by atoms with E-state index < -0.39 is 13.0 Å². The molecule has 2 N–H and O–H groups in total. The van der Waals surface area contributed by atoms with Crippen LogP contribution in [0.1, 0.15) is 35.6 Å². The van der Waals surface area contributed by atoms with Crippen LogP contribution in [0.2, 0.25) is 0 Å². The number of aryl methyl sites for hydroxylation is 2. The highest BCUT2D eigenvalue weighted by atomic mass is 35.5. The van der Waals surface area contributed by atoms with Gasteiger partial charge in [0, 0.05) is 51.0 Å². The molecule has 9 nitrogen and oxygen atoms in total. The van der Waals surface area contributed by atoms with E-state index in [0.29, 0.717) is 55.1 Å². The summed E-state index contributed by atoms with van der Waals surface area (Å²) in [6.07, 6.45) is -2.20. The van der Waals surface area contributed by atoms with Crippen LogP contribution in [0.3, 0.4) is 0 Å². The predicted molar refractivity (Wildman–Crippen MR) is 165 cm³/mol. The van der Waals surface area contributed by atoms with Crippen molar-refractivity contribution in [2.75, 3.05) is 56.1 Å². The van der Waals surface area contributed by atoms with Gasteiger partial charge in [0.05, 0.1) is 19.6 Å². The molecular weight excluding hydrogens is 608 g/mol. The number of benzene rings is 2. The Morgan fingerprint density at radius 3 is 2.42 bits per heavy atom. The van der Waals surface area contributed by atoms with Crippen LogP contribution in [0.15, 0.2) is 30.3 Å². The van der Waals surface area contributed by atoms with Crippen molar-refractivity contribution < 1.29 is 27.6 Å². The van der Waals surface area contributed by atoms with Crippen LogP contribution < -0.4 is 20.4 Å². The number of hydrogen-bond donors (Lipinski definition) is 2. The lowest BCUT2D eigenvalue weighted by Crippen LogP contribution is -2.48. The molecule has 2 heterocycles. The minimum absolute atomic E-state index is 0. The molecule has 14 heteroatoms. The van der Waals surface area contributed by atoms with Gasteiger partial charge in [0.25, 0.3) is 12.3 Å². The highest BCUT2D eigenvalue weighted by Crippen LogP contribution is 2.35. The van der Waals surface area contributed by atoms with Crippen molar-refractivity contribution >= 4 is 53.9 Å². The van der Waals surface area contributed by atoms with E-state index in [-0.39, 0.29) is 67.9 Å². The van der Waals surface area contributed by atoms with Crippen molar-refractivity contribution in [2.24, 2.45) is 0 Å². The molecule has 0 radical (unpaired) electrons. The Hall–Kier alpha value is -3.06. The molecule has 0 aromatic heterocycles. The van der Waals surface area contributed by atoms with Crippen LogP contribution >= 0.6 is 24.8 Å². The summed E-state index contributed by atoms with van der Waals surface area (Å²) in [4.78, 5) is 41.6. The summed E-state index contributed by atoms with van der Waals surface area (Å²) in [5.74, 6) is -1.23. The molecule has 0 unspecified atom stereocenters. The third-order valence-electron chi connectivity index (χ3n) is 7.45. The predicted octanol–water partition coefficient (Wildman–Crippen LogP) is 3.44. The molecule has 0 saturated heterocycles. The normalized spacial score (nSPS) is 14.0. The fourth-order valence-electron chi connectivity index (χ4n) is 5.27. The number of carbonyl (C=O) groups is 3. The Morgan fingerprint density at radius 2 is 1.72 bits per heavy atom. The van der Waals surface area contributed by atoms with Crippen molar-refractivity contribution in [1.82, 2.24) is 20.7 Å². The number of carbonyl (C=O) groups excluding carboxylic acids is 3. The molecule has 43 heavy (non-hydrogen) atoms. The molecule has 4 rings (SSSR count). The monoisotopic (exact) mass is 646 g/mol. The third-order valence-corrected chi connectivity index (χ3v) is 7.45. The lowest BCUT2D eigenvalue weighted by Gasteiger charge is -2.34. The molecule has 0 atom stereocenters. The number of nitrogens with zero attached hydrogens (tertiary/aromatic N) is 4. The lowest BCUT2D eigenvalue weighted by atomic mass is 9.97. The Labute approximate surface area is 262 Å². The summed E-state index contributed by atoms with van der Waals surface area (Å²) in [6, 6.07) is 8.06. The Balaban J connectivity index is 0.00000323. The number of amides is 3. The molecule has 2 aromatic rings. The third kappa shape index (κ3) is 8.98. The minimum Gasteiger partial charge on any atom is -0.353 e. The fraction of sp³-hybridized carbons (Fsp3) is 0.483. The van der Waals surface area contributed by atoms with Crippen LogP contribution in [-0.4, -0.2) is 80.5 Å². The largest absolute Gasteiger partial charge is 0.353 e. The standard InChI is InChI=1S/C29H37F3N6O3.2ClH/c1-4-33-9-10-34-27(39)17-36(18-29(41)35(3)37-14-21-5-7-23(30)12-22(21)15-37)24-13-20-6-8-28(40)38(16-26(31)32)25(20)11-19(24)2;;/h5,7,11-13,26,33H,4,6,8-10,14-18H2,1-3H3,(H,34,39);2*1H. The summed E-state index contributed by atoms with van der Waals surface area (Å²) < 4.78 is 40.2. The van der Waals surface area contributed by atoms with Gasteiger partial charge in [-0.2, -0.15) is 0 Å². The molecule has 2 aliphatic heterocycles. The first-order valence-corrected chi connectivity index (χ1v) is 13.8. The van der Waals surface area contributed by atoms with Gasteiger partial charge >= 0.3 is 0 Å². The molecule has 3 amide bonds. The minimum atomic E-state index is -2.67. The van der Waals surface area contributed by atoms with Crippen LogP contribution in [-0.2, 0) is 33.9 Å². The zero-order valence-electron chi connectivity index (χ0n) is 24.5. The molecule has 2 aromatic carbocycles. The van der Waals surface area contributed by atoms with Crippen molar-refractivity contribution in [2.45, 2.75) is 46.2 Å². The summed E-state index contributed by atoms with van der Waals surface area (Å²) in [5.41, 5.74) is 4.17. The molecule has 238 valence electrons. The van der Waals surface area contributed by atoms with Gasteiger partial charge in [-0.3, -0.25) is 19.4 Å². The van der Waals surface area contributed by atoms with Gasteiger partial charge in [-0.1, -0.05) is 13.0 Å². The van der Waals surface area contributed by atoms with Gasteiger partial charge in [0.15, 0.2) is 0 Å². The highest BCUT2D eigenvalue weighted by Gasteiger charge is 2.30. The first-order valence-electron chi connectivity index (χ1n) is 13.8. The van der Waals surface area contributed by atoms with E-state index >= 15 is 0 Å². The molecular formula is C29H39Cl2F3N6O3. The summed E-state index contributed by atoms with van der Waals surface area (Å²) >= 11 is 0. The average molecular weight is 648 g/mol. The molecule has 2 aliphatic rings. The van der Waals surface area contributed by atoms with Crippen LogP contribution in [0, 0.1) is 12.7 Å². The Kier molecular flexibility index (Phi) is 13.6. The van der Waals surface area contributed by atoms with Crippen LogP contribution in [0.5, 0.6) is 0 Å². The zero-order valence-corrected chi connectivity index (χ0v) is 26.1. The second-order valence-electron chi connectivity index (χ2n) is 10.4. The van der Waals surface area contributed by atoms with Crippen molar-refractivity contribution in [1.29, 1.82) is 0 Å². The molecule has 0 fully saturated rings.